The zero-order chi connectivity index (χ0) is 48.0. The monoisotopic (exact) mass is 1080 g/mol. The second kappa shape index (κ2) is 17.4. The summed E-state index contributed by atoms with van der Waals surface area (Å²) in [6, 6.07) is 51.7. The van der Waals surface area contributed by atoms with Crippen LogP contribution >= 0.6 is 0 Å². The molecule has 0 radical (unpaired) electrons. The molecule has 2 aromatic heterocycles. The maximum Gasteiger partial charge on any atom is 0.135 e. The number of benzene rings is 6. The molecule has 0 N–H and O–H groups in total. The van der Waals surface area contributed by atoms with Gasteiger partial charge in [0.15, 0.2) is 0 Å². The maximum atomic E-state index is 6.74. The van der Waals surface area contributed by atoms with Crippen LogP contribution in [0.2, 0.25) is 0 Å². The van der Waals surface area contributed by atoms with Crippen LogP contribution in [-0.2, 0) is 48.1 Å². The molecule has 9 rings (SSSR count). The fourth-order valence-electron chi connectivity index (χ4n) is 9.18. The van der Waals surface area contributed by atoms with Crippen LogP contribution < -0.4 is 14.5 Å². The molecule has 0 fully saturated rings. The van der Waals surface area contributed by atoms with Crippen LogP contribution in [0.3, 0.4) is 0 Å². The molecule has 0 saturated heterocycles. The number of fused-ring (bicyclic) bond motifs is 4. The molecule has 0 amide bonds. The summed E-state index contributed by atoms with van der Waals surface area (Å²) in [7, 11) is 0. The molecule has 0 unspecified atom stereocenters. The number of hydrogen-bond acceptors (Lipinski definition) is 4. The first-order chi connectivity index (χ1) is 31.3. The first kappa shape index (κ1) is 48.8. The summed E-state index contributed by atoms with van der Waals surface area (Å²) in [6.07, 6.45) is 1.92. The fraction of sp³-hybridized carbons (Fsp3) is 0.323. The van der Waals surface area contributed by atoms with Crippen LogP contribution in [0.5, 0.6) is 11.5 Å². The Hall–Kier alpha value is -5.64. The molecular formula is C62H67N4OPt-3. The quantitative estimate of drug-likeness (QED) is 0.155. The van der Waals surface area contributed by atoms with Crippen molar-refractivity contribution in [3.63, 3.8) is 0 Å². The average molecular weight is 1080 g/mol. The molecule has 68 heavy (non-hydrogen) atoms. The van der Waals surface area contributed by atoms with Gasteiger partial charge in [-0.25, -0.2) is 4.98 Å². The van der Waals surface area contributed by atoms with Gasteiger partial charge in [-0.1, -0.05) is 158 Å². The van der Waals surface area contributed by atoms with E-state index in [1.807, 2.05) is 24.4 Å². The van der Waals surface area contributed by atoms with E-state index in [4.69, 9.17) is 9.72 Å². The largest absolute Gasteiger partial charge is 0.509 e. The number of nitrogens with zero attached hydrogens (tertiary/aromatic N) is 4. The van der Waals surface area contributed by atoms with Gasteiger partial charge in [0.1, 0.15) is 5.82 Å². The Labute approximate surface area is 420 Å². The first-order valence-electron chi connectivity index (χ1n) is 23.9. The number of anilines is 4. The summed E-state index contributed by atoms with van der Waals surface area (Å²) in [5.41, 5.74) is 15.0. The second-order valence-electron chi connectivity index (χ2n) is 23.7. The number of aromatic nitrogens is 2. The molecular weight excluding hydrogens is 1010 g/mol. The number of rotatable bonds is 6. The van der Waals surface area contributed by atoms with Crippen molar-refractivity contribution in [2.24, 2.45) is 0 Å². The third-order valence-electron chi connectivity index (χ3n) is 13.3. The molecule has 1 aliphatic rings. The van der Waals surface area contributed by atoms with Crippen LogP contribution in [0.4, 0.5) is 22.7 Å². The number of pyridine rings is 1. The predicted molar refractivity (Wildman–Crippen MR) is 283 cm³/mol. The summed E-state index contributed by atoms with van der Waals surface area (Å²) in [5.74, 6) is 2.07. The molecule has 0 spiro atoms. The van der Waals surface area contributed by atoms with E-state index >= 15 is 0 Å². The predicted octanol–water partition coefficient (Wildman–Crippen LogP) is 17.1. The van der Waals surface area contributed by atoms with E-state index in [0.717, 1.165) is 50.4 Å². The zero-order valence-corrected chi connectivity index (χ0v) is 45.0. The molecule has 6 heteroatoms. The van der Waals surface area contributed by atoms with Gasteiger partial charge in [0.05, 0.1) is 0 Å². The van der Waals surface area contributed by atoms with Crippen LogP contribution in [0.25, 0.3) is 38.8 Å². The average Bonchev–Trinajstić information content (AvgIpc) is 3.80. The van der Waals surface area contributed by atoms with Crippen molar-refractivity contribution in [2.75, 3.05) is 9.80 Å². The van der Waals surface area contributed by atoms with Gasteiger partial charge in [-0.3, -0.25) is 0 Å². The van der Waals surface area contributed by atoms with E-state index in [9.17, 15) is 0 Å². The second-order valence-corrected chi connectivity index (χ2v) is 23.7. The summed E-state index contributed by atoms with van der Waals surface area (Å²) in [6.45, 7) is 36.3. The number of ether oxygens (including phenoxy) is 1. The van der Waals surface area contributed by atoms with Gasteiger partial charge in [-0.05, 0) is 114 Å². The molecule has 6 aromatic carbocycles. The Kier molecular flexibility index (Phi) is 12.5. The minimum atomic E-state index is -0.0492. The third-order valence-corrected chi connectivity index (χ3v) is 13.3. The van der Waals surface area contributed by atoms with E-state index in [2.05, 4.69) is 240 Å². The molecule has 0 bridgehead atoms. The standard InChI is InChI=1S/C62H67N4O.Pt/c1-58(2,3)41-18-16-19-45(33-41)65-39-64(53-29-22-40(32-56(53)65)49-26-23-42(59(4,5)6)34-52(49)62(13,14)15)46-20-17-21-47(37-46)67-48-25-28-51-50-27-24-43(60(7,8)9)35-54(50)66(55(51)38-48)57-36-44(30-31-63-57)61(10,11)12;/h16-36,39H,1-15H3;/q-3;. The van der Waals surface area contributed by atoms with E-state index in [1.54, 1.807) is 0 Å². The van der Waals surface area contributed by atoms with Crippen LogP contribution in [0, 0.1) is 18.8 Å². The topological polar surface area (TPSA) is 33.5 Å². The van der Waals surface area contributed by atoms with Gasteiger partial charge < -0.3 is 19.1 Å². The summed E-state index contributed by atoms with van der Waals surface area (Å²) < 4.78 is 8.99. The van der Waals surface area contributed by atoms with Crippen molar-refractivity contribution in [3.05, 3.63) is 174 Å². The van der Waals surface area contributed by atoms with E-state index in [0.29, 0.717) is 11.5 Å². The Morgan fingerprint density at radius 1 is 0.500 bits per heavy atom. The molecule has 0 aliphatic carbocycles. The van der Waals surface area contributed by atoms with Crippen LogP contribution in [0.1, 0.15) is 132 Å². The molecule has 1 aliphatic heterocycles. The van der Waals surface area contributed by atoms with Crippen molar-refractivity contribution in [1.29, 1.82) is 0 Å². The van der Waals surface area contributed by atoms with Crippen molar-refractivity contribution >= 4 is 44.6 Å². The summed E-state index contributed by atoms with van der Waals surface area (Å²) in [5, 5.41) is 2.25. The normalized spacial score (nSPS) is 13.6. The molecule has 0 saturated carbocycles. The van der Waals surface area contributed by atoms with Gasteiger partial charge >= 0.3 is 0 Å². The molecule has 3 heterocycles. The Morgan fingerprint density at radius 2 is 1.12 bits per heavy atom. The van der Waals surface area contributed by atoms with Crippen molar-refractivity contribution in [3.8, 4) is 28.4 Å². The van der Waals surface area contributed by atoms with Crippen LogP contribution in [-0.4, -0.2) is 9.55 Å². The Morgan fingerprint density at radius 3 is 1.81 bits per heavy atom. The Bertz CT molecular complexity index is 3180. The van der Waals surface area contributed by atoms with Gasteiger partial charge in [0, 0.05) is 61.3 Å². The smallest absolute Gasteiger partial charge is 0.135 e. The SMILES string of the molecule is CC(C)(C)c1cccc(N2[CH-]N(c3[c-]c(Oc4[c-]c5c(cc4)c4ccc(C(C)(C)C)cc4n5-c4cc(C(C)(C)C)ccn4)ccc3)c3ccc(-c4ccc(C(C)(C)C)cc4C(C)(C)C)cc32)c1.[Pt]. The minimum Gasteiger partial charge on any atom is -0.509 e. The molecule has 0 atom stereocenters. The van der Waals surface area contributed by atoms with E-state index in [-0.39, 0.29) is 48.1 Å². The van der Waals surface area contributed by atoms with Crippen LogP contribution in [0.15, 0.2) is 128 Å². The Balaban J connectivity index is 0.00000625. The zero-order valence-electron chi connectivity index (χ0n) is 42.7. The summed E-state index contributed by atoms with van der Waals surface area (Å²) >= 11 is 0. The van der Waals surface area contributed by atoms with Gasteiger partial charge in [0.25, 0.3) is 0 Å². The maximum absolute atomic E-state index is 6.74. The van der Waals surface area contributed by atoms with Crippen molar-refractivity contribution in [2.45, 2.75) is 131 Å². The van der Waals surface area contributed by atoms with Crippen molar-refractivity contribution < 1.29 is 25.8 Å². The van der Waals surface area contributed by atoms with Gasteiger partial charge in [0.2, 0.25) is 0 Å². The molecule has 8 aromatic rings. The third kappa shape index (κ3) is 9.41. The first-order valence-corrected chi connectivity index (χ1v) is 23.9. The van der Waals surface area contributed by atoms with E-state index in [1.165, 1.54) is 38.9 Å². The molecule has 354 valence electrons. The number of hydrogen-bond donors (Lipinski definition) is 0. The van der Waals surface area contributed by atoms with E-state index < -0.39 is 0 Å². The molecule has 5 nitrogen and oxygen atoms in total. The summed E-state index contributed by atoms with van der Waals surface area (Å²) in [4.78, 5) is 9.51. The van der Waals surface area contributed by atoms with Crippen molar-refractivity contribution in [1.82, 2.24) is 9.55 Å². The minimum absolute atomic E-state index is 0. The fourth-order valence-corrected chi connectivity index (χ4v) is 9.18. The van der Waals surface area contributed by atoms with Gasteiger partial charge in [-0.15, -0.1) is 48.1 Å². The van der Waals surface area contributed by atoms with Gasteiger partial charge in [-0.2, -0.15) is 12.1 Å².